The van der Waals surface area contributed by atoms with E-state index in [4.69, 9.17) is 0 Å². The molecule has 22 heavy (non-hydrogen) atoms. The molecule has 0 aliphatic rings. The number of carbonyl (C=O) groups excluding carboxylic acids is 2. The van der Waals surface area contributed by atoms with Gasteiger partial charge in [-0.3, -0.25) is 25.0 Å². The second kappa shape index (κ2) is 6.72. The highest BCUT2D eigenvalue weighted by atomic mass is 32.1. The van der Waals surface area contributed by atoms with Crippen molar-refractivity contribution in [2.45, 2.75) is 6.42 Å². The zero-order chi connectivity index (χ0) is 16.1. The fourth-order valence-electron chi connectivity index (χ4n) is 1.50. The molecule has 2 rings (SSSR count). The number of benzene rings is 1. The minimum atomic E-state index is -0.587. The minimum Gasteiger partial charge on any atom is -0.469 e. The van der Waals surface area contributed by atoms with Crippen LogP contribution in [0, 0.1) is 10.1 Å². The molecule has 0 atom stereocenters. The predicted octanol–water partition coefficient (Wildman–Crippen LogP) is 1.41. The molecule has 9 nitrogen and oxygen atoms in total. The second-order valence-electron chi connectivity index (χ2n) is 4.02. The molecule has 0 aliphatic carbocycles. The zero-order valence-corrected chi connectivity index (χ0v) is 12.1. The monoisotopic (exact) mass is 322 g/mol. The Labute approximate surface area is 128 Å². The molecule has 1 amide bonds. The number of nitro benzene ring substituents is 1. The van der Waals surface area contributed by atoms with Gasteiger partial charge in [0.25, 0.3) is 11.6 Å². The number of anilines is 1. The third kappa shape index (κ3) is 3.82. The minimum absolute atomic E-state index is 0.0408. The Bertz CT molecular complexity index is 730. The molecule has 0 saturated carbocycles. The fraction of sp³-hybridized carbons (Fsp3) is 0.167. The first kappa shape index (κ1) is 15.5. The van der Waals surface area contributed by atoms with Crippen molar-refractivity contribution in [2.24, 2.45) is 0 Å². The molecule has 0 saturated heterocycles. The molecule has 0 aliphatic heterocycles. The summed E-state index contributed by atoms with van der Waals surface area (Å²) in [5.41, 5.74) is -0.0600. The third-order valence-corrected chi connectivity index (χ3v) is 3.37. The lowest BCUT2D eigenvalue weighted by atomic mass is 10.2. The lowest BCUT2D eigenvalue weighted by Crippen LogP contribution is -2.11. The maximum Gasteiger partial charge on any atom is 0.312 e. The molecular weight excluding hydrogens is 312 g/mol. The summed E-state index contributed by atoms with van der Waals surface area (Å²) in [6.45, 7) is 0. The lowest BCUT2D eigenvalue weighted by Gasteiger charge is -2.00. The van der Waals surface area contributed by atoms with Crippen molar-refractivity contribution >= 4 is 34.0 Å². The van der Waals surface area contributed by atoms with Crippen molar-refractivity contribution in [2.75, 3.05) is 12.4 Å². The van der Waals surface area contributed by atoms with Crippen molar-refractivity contribution in [3.8, 4) is 0 Å². The van der Waals surface area contributed by atoms with Crippen LogP contribution in [0.1, 0.15) is 15.4 Å². The van der Waals surface area contributed by atoms with Crippen LogP contribution >= 0.6 is 11.3 Å². The standard InChI is InChI=1S/C12H10N4O5S/c1-21-10(17)6-9-14-15-12(22-9)13-11(18)7-3-2-4-8(5-7)16(19)20/h2-5H,6H2,1H3,(H,13,15,18). The summed E-state index contributed by atoms with van der Waals surface area (Å²) in [6.07, 6.45) is -0.0408. The van der Waals surface area contributed by atoms with E-state index in [1.807, 2.05) is 0 Å². The highest BCUT2D eigenvalue weighted by Crippen LogP contribution is 2.18. The van der Waals surface area contributed by atoms with Gasteiger partial charge in [-0.15, -0.1) is 10.2 Å². The molecule has 0 radical (unpaired) electrons. The van der Waals surface area contributed by atoms with E-state index < -0.39 is 16.8 Å². The van der Waals surface area contributed by atoms with Crippen LogP contribution in [-0.4, -0.2) is 34.1 Å². The summed E-state index contributed by atoms with van der Waals surface area (Å²) in [4.78, 5) is 33.2. The Balaban J connectivity index is 2.07. The Morgan fingerprint density at radius 1 is 1.41 bits per heavy atom. The highest BCUT2D eigenvalue weighted by Gasteiger charge is 2.15. The first-order chi connectivity index (χ1) is 10.5. The quantitative estimate of drug-likeness (QED) is 0.501. The van der Waals surface area contributed by atoms with Crippen molar-refractivity contribution in [3.63, 3.8) is 0 Å². The molecule has 0 bridgehead atoms. The number of ether oxygens (including phenoxy) is 1. The van der Waals surface area contributed by atoms with Gasteiger partial charge in [-0.05, 0) is 6.07 Å². The van der Waals surface area contributed by atoms with Gasteiger partial charge in [0.2, 0.25) is 5.13 Å². The molecule has 0 unspecified atom stereocenters. The van der Waals surface area contributed by atoms with Crippen molar-refractivity contribution in [1.82, 2.24) is 10.2 Å². The van der Waals surface area contributed by atoms with E-state index in [2.05, 4.69) is 20.3 Å². The summed E-state index contributed by atoms with van der Waals surface area (Å²) >= 11 is 1.02. The second-order valence-corrected chi connectivity index (χ2v) is 5.08. The Morgan fingerprint density at radius 3 is 2.86 bits per heavy atom. The summed E-state index contributed by atoms with van der Waals surface area (Å²) in [5, 5.41) is 21.2. The number of hydrogen-bond acceptors (Lipinski definition) is 8. The first-order valence-electron chi connectivity index (χ1n) is 5.94. The normalized spacial score (nSPS) is 10.0. The number of aromatic nitrogens is 2. The van der Waals surface area contributed by atoms with E-state index in [0.717, 1.165) is 17.4 Å². The molecule has 114 valence electrons. The van der Waals surface area contributed by atoms with E-state index in [0.29, 0.717) is 5.01 Å². The Hall–Kier alpha value is -2.88. The average molecular weight is 322 g/mol. The van der Waals surface area contributed by atoms with Crippen molar-refractivity contribution in [1.29, 1.82) is 0 Å². The van der Waals surface area contributed by atoms with Crippen molar-refractivity contribution in [3.05, 3.63) is 45.0 Å². The van der Waals surface area contributed by atoms with Crippen LogP contribution in [0.5, 0.6) is 0 Å². The molecule has 1 heterocycles. The smallest absolute Gasteiger partial charge is 0.312 e. The molecular formula is C12H10N4O5S. The Morgan fingerprint density at radius 2 is 2.18 bits per heavy atom. The largest absolute Gasteiger partial charge is 0.469 e. The molecule has 0 fully saturated rings. The van der Waals surface area contributed by atoms with Gasteiger partial charge < -0.3 is 4.74 Å². The third-order valence-electron chi connectivity index (χ3n) is 2.53. The van der Waals surface area contributed by atoms with Gasteiger partial charge in [0.1, 0.15) is 5.01 Å². The maximum absolute atomic E-state index is 12.0. The molecule has 1 aromatic carbocycles. The van der Waals surface area contributed by atoms with Gasteiger partial charge in [0.05, 0.1) is 18.5 Å². The number of methoxy groups -OCH3 is 1. The topological polar surface area (TPSA) is 124 Å². The molecule has 10 heteroatoms. The SMILES string of the molecule is COC(=O)Cc1nnc(NC(=O)c2cccc([N+](=O)[O-])c2)s1. The van der Waals surface area contributed by atoms with Gasteiger partial charge >= 0.3 is 5.97 Å². The summed E-state index contributed by atoms with van der Waals surface area (Å²) in [5.74, 6) is -1.02. The maximum atomic E-state index is 12.0. The lowest BCUT2D eigenvalue weighted by molar-refractivity contribution is -0.384. The number of nitro groups is 1. The van der Waals surface area contributed by atoms with Crippen LogP contribution in [0.4, 0.5) is 10.8 Å². The van der Waals surface area contributed by atoms with Gasteiger partial charge in [-0.1, -0.05) is 17.4 Å². The number of non-ortho nitro benzene ring substituents is 1. The van der Waals surface area contributed by atoms with Gasteiger partial charge in [0.15, 0.2) is 0 Å². The predicted molar refractivity (Wildman–Crippen MR) is 76.7 cm³/mol. The number of carbonyl (C=O) groups is 2. The van der Waals surface area contributed by atoms with E-state index in [-0.39, 0.29) is 22.8 Å². The number of hydrogen-bond donors (Lipinski definition) is 1. The summed E-state index contributed by atoms with van der Waals surface area (Å²) in [7, 11) is 1.26. The molecule has 1 aromatic heterocycles. The van der Waals surface area contributed by atoms with E-state index in [1.54, 1.807) is 0 Å². The summed E-state index contributed by atoms with van der Waals surface area (Å²) in [6, 6.07) is 5.30. The highest BCUT2D eigenvalue weighted by molar-refractivity contribution is 7.15. The first-order valence-corrected chi connectivity index (χ1v) is 6.76. The number of rotatable bonds is 5. The van der Waals surface area contributed by atoms with Crippen LogP contribution in [0.15, 0.2) is 24.3 Å². The van der Waals surface area contributed by atoms with Crippen LogP contribution < -0.4 is 5.32 Å². The zero-order valence-electron chi connectivity index (χ0n) is 11.3. The average Bonchev–Trinajstić information content (AvgIpc) is 2.94. The number of nitrogens with one attached hydrogen (secondary N) is 1. The van der Waals surface area contributed by atoms with Crippen molar-refractivity contribution < 1.29 is 19.2 Å². The van der Waals surface area contributed by atoms with Crippen LogP contribution in [0.25, 0.3) is 0 Å². The number of esters is 1. The number of amides is 1. The van der Waals surface area contributed by atoms with E-state index in [9.17, 15) is 19.7 Å². The van der Waals surface area contributed by atoms with Crippen LogP contribution in [0.2, 0.25) is 0 Å². The summed E-state index contributed by atoms with van der Waals surface area (Å²) < 4.78 is 4.50. The molecule has 0 spiro atoms. The Kier molecular flexibility index (Phi) is 4.73. The molecule has 1 N–H and O–H groups in total. The van der Waals surface area contributed by atoms with Crippen LogP contribution in [-0.2, 0) is 16.0 Å². The number of nitrogens with zero attached hydrogens (tertiary/aromatic N) is 3. The van der Waals surface area contributed by atoms with Gasteiger partial charge in [-0.2, -0.15) is 0 Å². The van der Waals surface area contributed by atoms with Gasteiger partial charge in [0, 0.05) is 17.7 Å². The van der Waals surface area contributed by atoms with E-state index >= 15 is 0 Å². The molecule has 2 aromatic rings. The van der Waals surface area contributed by atoms with Gasteiger partial charge in [-0.25, -0.2) is 0 Å². The fourth-order valence-corrected chi connectivity index (χ4v) is 2.22. The van der Waals surface area contributed by atoms with Crippen LogP contribution in [0.3, 0.4) is 0 Å². The van der Waals surface area contributed by atoms with E-state index in [1.165, 1.54) is 25.3 Å².